The maximum absolute atomic E-state index is 10.6. The topological polar surface area (TPSA) is 62.7 Å². The standard InChI is InChI=1S/C14H18N2O3/c1-10-8-16(9-11(2)19-10)14-12(4-3-7-15-14)5-6-13(17)18/h3-7,10-11H,8-9H2,1-2H3,(H,17,18)/b6-5+. The van der Waals surface area contributed by atoms with Gasteiger partial charge >= 0.3 is 5.97 Å². The Morgan fingerprint density at radius 3 is 2.79 bits per heavy atom. The molecule has 0 spiro atoms. The summed E-state index contributed by atoms with van der Waals surface area (Å²) in [7, 11) is 0. The molecule has 2 heterocycles. The van der Waals surface area contributed by atoms with Gasteiger partial charge in [0.2, 0.25) is 0 Å². The Morgan fingerprint density at radius 2 is 2.16 bits per heavy atom. The molecule has 1 N–H and O–H groups in total. The van der Waals surface area contributed by atoms with Crippen molar-refractivity contribution >= 4 is 17.9 Å². The number of pyridine rings is 1. The summed E-state index contributed by atoms with van der Waals surface area (Å²) in [5, 5.41) is 8.72. The maximum Gasteiger partial charge on any atom is 0.328 e. The molecule has 0 aliphatic carbocycles. The molecule has 2 unspecified atom stereocenters. The summed E-state index contributed by atoms with van der Waals surface area (Å²) in [4.78, 5) is 17.1. The van der Waals surface area contributed by atoms with Gasteiger partial charge < -0.3 is 14.7 Å². The SMILES string of the molecule is CC1CN(c2ncccc2/C=C/C(=O)O)CC(C)O1. The second kappa shape index (κ2) is 5.84. The predicted molar refractivity (Wildman–Crippen MR) is 73.1 cm³/mol. The number of hydrogen-bond donors (Lipinski definition) is 1. The van der Waals surface area contributed by atoms with Gasteiger partial charge in [-0.3, -0.25) is 0 Å². The van der Waals surface area contributed by atoms with Gasteiger partial charge in [0.15, 0.2) is 0 Å². The van der Waals surface area contributed by atoms with E-state index in [0.717, 1.165) is 30.5 Å². The minimum absolute atomic E-state index is 0.141. The molecule has 5 nitrogen and oxygen atoms in total. The zero-order chi connectivity index (χ0) is 13.8. The zero-order valence-corrected chi connectivity index (χ0v) is 11.1. The van der Waals surface area contributed by atoms with Gasteiger partial charge in [0.05, 0.1) is 12.2 Å². The molecule has 5 heteroatoms. The van der Waals surface area contributed by atoms with Crippen molar-refractivity contribution in [3.63, 3.8) is 0 Å². The fourth-order valence-corrected chi connectivity index (χ4v) is 2.32. The molecule has 1 aliphatic rings. The van der Waals surface area contributed by atoms with Gasteiger partial charge in [-0.1, -0.05) is 0 Å². The number of ether oxygens (including phenoxy) is 1. The molecule has 0 bridgehead atoms. The average molecular weight is 262 g/mol. The summed E-state index contributed by atoms with van der Waals surface area (Å²) in [6.07, 6.45) is 4.71. The Morgan fingerprint density at radius 1 is 1.47 bits per heavy atom. The first-order valence-corrected chi connectivity index (χ1v) is 6.32. The van der Waals surface area contributed by atoms with Crippen LogP contribution in [0.5, 0.6) is 0 Å². The van der Waals surface area contributed by atoms with Crippen LogP contribution in [0.1, 0.15) is 19.4 Å². The Balaban J connectivity index is 2.26. The molecule has 2 atom stereocenters. The van der Waals surface area contributed by atoms with Gasteiger partial charge in [-0.05, 0) is 32.1 Å². The molecule has 1 fully saturated rings. The van der Waals surface area contributed by atoms with Gasteiger partial charge in [0.1, 0.15) is 5.82 Å². The third-order valence-electron chi connectivity index (χ3n) is 2.94. The lowest BCUT2D eigenvalue weighted by atomic mass is 10.1. The third kappa shape index (κ3) is 3.54. The summed E-state index contributed by atoms with van der Waals surface area (Å²) in [5.41, 5.74) is 0.811. The van der Waals surface area contributed by atoms with Crippen molar-refractivity contribution in [1.29, 1.82) is 0 Å². The second-order valence-corrected chi connectivity index (χ2v) is 4.75. The van der Waals surface area contributed by atoms with E-state index in [9.17, 15) is 4.79 Å². The summed E-state index contributed by atoms with van der Waals surface area (Å²) >= 11 is 0. The van der Waals surface area contributed by atoms with Crippen molar-refractivity contribution in [3.05, 3.63) is 30.0 Å². The van der Waals surface area contributed by atoms with E-state index in [0.29, 0.717) is 0 Å². The van der Waals surface area contributed by atoms with Crippen molar-refractivity contribution in [2.45, 2.75) is 26.1 Å². The lowest BCUT2D eigenvalue weighted by Gasteiger charge is -2.36. The number of anilines is 1. The zero-order valence-electron chi connectivity index (χ0n) is 11.1. The molecule has 1 aromatic heterocycles. The van der Waals surface area contributed by atoms with Crippen LogP contribution in [0, 0.1) is 0 Å². The smallest absolute Gasteiger partial charge is 0.328 e. The van der Waals surface area contributed by atoms with E-state index in [2.05, 4.69) is 9.88 Å². The van der Waals surface area contributed by atoms with Crippen LogP contribution in [-0.2, 0) is 9.53 Å². The summed E-state index contributed by atoms with van der Waals surface area (Å²) in [6.45, 7) is 5.57. The van der Waals surface area contributed by atoms with Gasteiger partial charge in [0, 0.05) is 30.9 Å². The first-order valence-electron chi connectivity index (χ1n) is 6.32. The quantitative estimate of drug-likeness (QED) is 0.841. The molecule has 0 amide bonds. The van der Waals surface area contributed by atoms with Gasteiger partial charge in [-0.2, -0.15) is 0 Å². The first kappa shape index (κ1) is 13.5. The number of aliphatic carboxylic acids is 1. The van der Waals surface area contributed by atoms with Crippen LogP contribution in [0.25, 0.3) is 6.08 Å². The number of carboxylic acid groups (broad SMARTS) is 1. The molecule has 1 saturated heterocycles. The first-order chi connectivity index (χ1) is 9.06. The van der Waals surface area contributed by atoms with E-state index in [4.69, 9.17) is 9.84 Å². The molecule has 0 saturated carbocycles. The van der Waals surface area contributed by atoms with E-state index in [1.54, 1.807) is 18.3 Å². The van der Waals surface area contributed by atoms with Crippen molar-refractivity contribution in [1.82, 2.24) is 4.98 Å². The number of morpholine rings is 1. The van der Waals surface area contributed by atoms with E-state index < -0.39 is 5.97 Å². The number of rotatable bonds is 3. The summed E-state index contributed by atoms with van der Waals surface area (Å²) in [5.74, 6) is -0.152. The molecule has 1 aromatic rings. The monoisotopic (exact) mass is 262 g/mol. The molecular formula is C14H18N2O3. The number of nitrogens with zero attached hydrogens (tertiary/aromatic N) is 2. The summed E-state index contributed by atoms with van der Waals surface area (Å²) < 4.78 is 5.69. The number of hydrogen-bond acceptors (Lipinski definition) is 4. The number of carbonyl (C=O) groups is 1. The highest BCUT2D eigenvalue weighted by Gasteiger charge is 2.24. The Kier molecular flexibility index (Phi) is 4.16. The second-order valence-electron chi connectivity index (χ2n) is 4.75. The average Bonchev–Trinajstić information content (AvgIpc) is 2.35. The lowest BCUT2D eigenvalue weighted by Crippen LogP contribution is -2.46. The minimum Gasteiger partial charge on any atom is -0.478 e. The van der Waals surface area contributed by atoms with Gasteiger partial charge in [-0.25, -0.2) is 9.78 Å². The van der Waals surface area contributed by atoms with Crippen LogP contribution in [0.15, 0.2) is 24.4 Å². The molecule has 1 aliphatic heterocycles. The number of carboxylic acids is 1. The number of aromatic nitrogens is 1. The van der Waals surface area contributed by atoms with E-state index in [1.807, 2.05) is 19.9 Å². The van der Waals surface area contributed by atoms with Gasteiger partial charge in [0.25, 0.3) is 0 Å². The van der Waals surface area contributed by atoms with E-state index >= 15 is 0 Å². The van der Waals surface area contributed by atoms with Gasteiger partial charge in [-0.15, -0.1) is 0 Å². The van der Waals surface area contributed by atoms with E-state index in [-0.39, 0.29) is 12.2 Å². The van der Waals surface area contributed by atoms with Crippen molar-refractivity contribution in [2.24, 2.45) is 0 Å². The van der Waals surface area contributed by atoms with Crippen molar-refractivity contribution < 1.29 is 14.6 Å². The largest absolute Gasteiger partial charge is 0.478 e. The van der Waals surface area contributed by atoms with Crippen LogP contribution in [0.4, 0.5) is 5.82 Å². The van der Waals surface area contributed by atoms with Crippen LogP contribution in [-0.4, -0.2) is 41.4 Å². The molecule has 102 valence electrons. The molecule has 0 aromatic carbocycles. The van der Waals surface area contributed by atoms with Crippen LogP contribution in [0.3, 0.4) is 0 Å². The fraction of sp³-hybridized carbons (Fsp3) is 0.429. The van der Waals surface area contributed by atoms with Crippen LogP contribution >= 0.6 is 0 Å². The summed E-state index contributed by atoms with van der Waals surface area (Å²) in [6, 6.07) is 3.67. The highest BCUT2D eigenvalue weighted by atomic mass is 16.5. The molecule has 19 heavy (non-hydrogen) atoms. The molecule has 2 rings (SSSR count). The van der Waals surface area contributed by atoms with Crippen LogP contribution < -0.4 is 4.90 Å². The highest BCUT2D eigenvalue weighted by molar-refractivity contribution is 5.86. The Labute approximate surface area is 112 Å². The molecular weight excluding hydrogens is 244 g/mol. The normalized spacial score (nSPS) is 23.8. The minimum atomic E-state index is -0.960. The van der Waals surface area contributed by atoms with E-state index in [1.165, 1.54) is 0 Å². The molecule has 0 radical (unpaired) electrons. The maximum atomic E-state index is 10.6. The fourth-order valence-electron chi connectivity index (χ4n) is 2.32. The Bertz CT molecular complexity index is 477. The highest BCUT2D eigenvalue weighted by Crippen LogP contribution is 2.22. The van der Waals surface area contributed by atoms with Crippen molar-refractivity contribution in [2.75, 3.05) is 18.0 Å². The van der Waals surface area contributed by atoms with Crippen LogP contribution in [0.2, 0.25) is 0 Å². The predicted octanol–water partition coefficient (Wildman–Crippen LogP) is 1.79. The third-order valence-corrected chi connectivity index (χ3v) is 2.94. The Hall–Kier alpha value is -1.88. The lowest BCUT2D eigenvalue weighted by molar-refractivity contribution is -0.131. The van der Waals surface area contributed by atoms with Crippen molar-refractivity contribution in [3.8, 4) is 0 Å².